The summed E-state index contributed by atoms with van der Waals surface area (Å²) in [6, 6.07) is 8.13. The summed E-state index contributed by atoms with van der Waals surface area (Å²) in [4.78, 5) is 12.2. The van der Waals surface area contributed by atoms with Gasteiger partial charge >= 0.3 is 0 Å². The second-order valence-corrected chi connectivity index (χ2v) is 5.63. The average molecular weight is 276 g/mol. The minimum Gasteiger partial charge on any atom is -0.396 e. The molecular weight excluding hydrogens is 252 g/mol. The van der Waals surface area contributed by atoms with Crippen LogP contribution in [0.1, 0.15) is 37.7 Å². The maximum atomic E-state index is 12.2. The summed E-state index contributed by atoms with van der Waals surface area (Å²) >= 11 is 0. The Kier molecular flexibility index (Phi) is 5.56. The van der Waals surface area contributed by atoms with Crippen LogP contribution < -0.4 is 11.1 Å². The quantitative estimate of drug-likeness (QED) is 0.770. The number of hydrogen-bond donors (Lipinski definition) is 3. The zero-order valence-electron chi connectivity index (χ0n) is 11.8. The van der Waals surface area contributed by atoms with Crippen LogP contribution in [0.15, 0.2) is 24.3 Å². The second kappa shape index (κ2) is 7.41. The molecule has 0 spiro atoms. The third-order valence-electron chi connectivity index (χ3n) is 3.96. The Bertz CT molecular complexity index is 440. The molecule has 0 unspecified atom stereocenters. The first-order valence-electron chi connectivity index (χ1n) is 7.45. The van der Waals surface area contributed by atoms with Crippen LogP contribution in [-0.4, -0.2) is 23.7 Å². The number of carbonyl (C=O) groups excluding carboxylic acids is 1. The van der Waals surface area contributed by atoms with Gasteiger partial charge in [0.2, 0.25) is 5.91 Å². The van der Waals surface area contributed by atoms with Crippen LogP contribution in [-0.2, 0) is 11.2 Å². The molecule has 1 amide bonds. The fraction of sp³-hybridized carbons (Fsp3) is 0.562. The Morgan fingerprint density at radius 3 is 2.75 bits per heavy atom. The van der Waals surface area contributed by atoms with E-state index in [4.69, 9.17) is 10.8 Å². The van der Waals surface area contributed by atoms with Crippen molar-refractivity contribution < 1.29 is 9.90 Å². The van der Waals surface area contributed by atoms with Crippen LogP contribution in [0.25, 0.3) is 0 Å². The Morgan fingerprint density at radius 1 is 1.30 bits per heavy atom. The van der Waals surface area contributed by atoms with E-state index in [1.165, 1.54) is 0 Å². The number of amides is 1. The number of carbonyl (C=O) groups is 1. The van der Waals surface area contributed by atoms with E-state index in [9.17, 15) is 4.79 Å². The number of hydrogen-bond acceptors (Lipinski definition) is 3. The fourth-order valence-electron chi connectivity index (χ4n) is 2.71. The average Bonchev–Trinajstić information content (AvgIpc) is 2.46. The largest absolute Gasteiger partial charge is 0.396 e. The molecule has 4 N–H and O–H groups in total. The zero-order chi connectivity index (χ0) is 14.4. The van der Waals surface area contributed by atoms with Crippen LogP contribution in [0.4, 0.5) is 5.69 Å². The summed E-state index contributed by atoms with van der Waals surface area (Å²) < 4.78 is 0. The van der Waals surface area contributed by atoms with Gasteiger partial charge in [0.25, 0.3) is 0 Å². The zero-order valence-corrected chi connectivity index (χ0v) is 11.8. The van der Waals surface area contributed by atoms with E-state index in [0.29, 0.717) is 0 Å². The van der Waals surface area contributed by atoms with Crippen molar-refractivity contribution in [2.24, 2.45) is 11.7 Å². The highest BCUT2D eigenvalue weighted by atomic mass is 16.2. The van der Waals surface area contributed by atoms with Crippen molar-refractivity contribution in [3.05, 3.63) is 29.8 Å². The number of aliphatic hydroxyl groups excluding tert-OH is 1. The van der Waals surface area contributed by atoms with Crippen LogP contribution in [0, 0.1) is 5.92 Å². The third kappa shape index (κ3) is 4.32. The van der Waals surface area contributed by atoms with E-state index >= 15 is 0 Å². The molecule has 4 heteroatoms. The number of rotatable bonds is 5. The minimum absolute atomic E-state index is 0.0934. The van der Waals surface area contributed by atoms with Gasteiger partial charge in [0.05, 0.1) is 0 Å². The van der Waals surface area contributed by atoms with Crippen molar-refractivity contribution in [3.63, 3.8) is 0 Å². The van der Waals surface area contributed by atoms with Gasteiger partial charge in [-0.2, -0.15) is 0 Å². The summed E-state index contributed by atoms with van der Waals surface area (Å²) in [5.41, 5.74) is 7.85. The SMILES string of the molecule is NC1CCC(C(=O)Nc2cccc(CCCO)c2)CC1. The molecule has 0 radical (unpaired) electrons. The van der Waals surface area contributed by atoms with Crippen LogP contribution in [0.5, 0.6) is 0 Å². The van der Waals surface area contributed by atoms with Gasteiger partial charge in [0, 0.05) is 24.3 Å². The predicted octanol–water partition coefficient (Wildman–Crippen LogP) is 2.07. The van der Waals surface area contributed by atoms with Crippen molar-refractivity contribution in [1.29, 1.82) is 0 Å². The Balaban J connectivity index is 1.90. The van der Waals surface area contributed by atoms with Gasteiger partial charge in [0.1, 0.15) is 0 Å². The van der Waals surface area contributed by atoms with Crippen molar-refractivity contribution in [1.82, 2.24) is 0 Å². The molecule has 4 nitrogen and oxygen atoms in total. The van der Waals surface area contributed by atoms with E-state index in [0.717, 1.165) is 49.8 Å². The summed E-state index contributed by atoms with van der Waals surface area (Å²) in [5, 5.41) is 11.9. The van der Waals surface area contributed by atoms with E-state index in [-0.39, 0.29) is 24.5 Å². The lowest BCUT2D eigenvalue weighted by atomic mass is 9.86. The topological polar surface area (TPSA) is 75.4 Å². The summed E-state index contributed by atoms with van der Waals surface area (Å²) in [6.45, 7) is 0.193. The number of anilines is 1. The summed E-state index contributed by atoms with van der Waals surface area (Å²) in [5.74, 6) is 0.201. The molecule has 0 aliphatic heterocycles. The van der Waals surface area contributed by atoms with Crippen LogP contribution in [0.2, 0.25) is 0 Å². The van der Waals surface area contributed by atoms with Gasteiger partial charge in [-0.1, -0.05) is 12.1 Å². The molecule has 1 saturated carbocycles. The van der Waals surface area contributed by atoms with Gasteiger partial charge in [-0.15, -0.1) is 0 Å². The molecule has 0 atom stereocenters. The van der Waals surface area contributed by atoms with Gasteiger partial charge < -0.3 is 16.2 Å². The van der Waals surface area contributed by atoms with Gasteiger partial charge in [-0.25, -0.2) is 0 Å². The van der Waals surface area contributed by atoms with Crippen LogP contribution in [0.3, 0.4) is 0 Å². The first-order chi connectivity index (χ1) is 9.69. The number of nitrogens with one attached hydrogen (secondary N) is 1. The lowest BCUT2D eigenvalue weighted by molar-refractivity contribution is -0.120. The molecule has 1 aliphatic rings. The lowest BCUT2D eigenvalue weighted by Crippen LogP contribution is -2.32. The number of aliphatic hydroxyl groups is 1. The summed E-state index contributed by atoms with van der Waals surface area (Å²) in [6.07, 6.45) is 5.23. The number of aryl methyl sites for hydroxylation is 1. The molecular formula is C16H24N2O2. The Labute approximate surface area is 120 Å². The normalized spacial score (nSPS) is 22.5. The fourth-order valence-corrected chi connectivity index (χ4v) is 2.71. The second-order valence-electron chi connectivity index (χ2n) is 5.63. The van der Waals surface area contributed by atoms with Crippen molar-refractivity contribution in [3.8, 4) is 0 Å². The van der Waals surface area contributed by atoms with Crippen LogP contribution >= 0.6 is 0 Å². The highest BCUT2D eigenvalue weighted by molar-refractivity contribution is 5.92. The molecule has 1 fully saturated rings. The molecule has 1 aromatic rings. The van der Waals surface area contributed by atoms with Crippen molar-refractivity contribution in [2.45, 2.75) is 44.6 Å². The molecule has 20 heavy (non-hydrogen) atoms. The molecule has 0 bridgehead atoms. The molecule has 0 heterocycles. The molecule has 0 saturated heterocycles. The van der Waals surface area contributed by atoms with Gasteiger partial charge in [-0.3, -0.25) is 4.79 Å². The highest BCUT2D eigenvalue weighted by Crippen LogP contribution is 2.24. The predicted molar refractivity (Wildman–Crippen MR) is 80.4 cm³/mol. The van der Waals surface area contributed by atoms with E-state index in [1.54, 1.807) is 0 Å². The monoisotopic (exact) mass is 276 g/mol. The molecule has 2 rings (SSSR count). The number of benzene rings is 1. The number of nitrogens with two attached hydrogens (primary N) is 1. The van der Waals surface area contributed by atoms with E-state index in [1.807, 2.05) is 24.3 Å². The first kappa shape index (κ1) is 15.0. The molecule has 1 aliphatic carbocycles. The van der Waals surface area contributed by atoms with Gasteiger partial charge in [-0.05, 0) is 56.2 Å². The van der Waals surface area contributed by atoms with Gasteiger partial charge in [0.15, 0.2) is 0 Å². The molecule has 1 aromatic carbocycles. The maximum absolute atomic E-state index is 12.2. The maximum Gasteiger partial charge on any atom is 0.227 e. The van der Waals surface area contributed by atoms with Crippen molar-refractivity contribution in [2.75, 3.05) is 11.9 Å². The molecule has 0 aromatic heterocycles. The van der Waals surface area contributed by atoms with E-state index < -0.39 is 0 Å². The highest BCUT2D eigenvalue weighted by Gasteiger charge is 2.24. The van der Waals surface area contributed by atoms with E-state index in [2.05, 4.69) is 5.32 Å². The lowest BCUT2D eigenvalue weighted by Gasteiger charge is -2.25. The standard InChI is InChI=1S/C16H24N2O2/c17-14-8-6-13(7-9-14)16(20)18-15-5-1-3-12(11-15)4-2-10-19/h1,3,5,11,13-14,19H,2,4,6-10,17H2,(H,18,20). The van der Waals surface area contributed by atoms with Crippen molar-refractivity contribution >= 4 is 11.6 Å². The first-order valence-corrected chi connectivity index (χ1v) is 7.45. The minimum atomic E-state index is 0.0934. The molecule has 110 valence electrons. The smallest absolute Gasteiger partial charge is 0.227 e. The third-order valence-corrected chi connectivity index (χ3v) is 3.96. The Hall–Kier alpha value is -1.39. The Morgan fingerprint density at radius 2 is 2.05 bits per heavy atom. The summed E-state index contributed by atoms with van der Waals surface area (Å²) in [7, 11) is 0.